The van der Waals surface area contributed by atoms with E-state index in [9.17, 15) is 4.79 Å². The summed E-state index contributed by atoms with van der Waals surface area (Å²) in [7, 11) is 1.54. The summed E-state index contributed by atoms with van der Waals surface area (Å²) >= 11 is 0. The molecule has 0 radical (unpaired) electrons. The van der Waals surface area contributed by atoms with Gasteiger partial charge in [0.2, 0.25) is 5.91 Å². The molecule has 0 spiro atoms. The maximum absolute atomic E-state index is 11.2. The predicted molar refractivity (Wildman–Crippen MR) is 73.5 cm³/mol. The third-order valence-corrected chi connectivity index (χ3v) is 2.81. The summed E-state index contributed by atoms with van der Waals surface area (Å²) in [4.78, 5) is 11.2. The number of anilines is 1. The monoisotopic (exact) mass is 276 g/mol. The Bertz CT molecular complexity index is 607. The minimum Gasteiger partial charge on any atom is -0.495 e. The molecule has 2 rings (SSSR count). The molecule has 0 atom stereocenters. The van der Waals surface area contributed by atoms with Crippen LogP contribution in [0, 0.1) is 0 Å². The van der Waals surface area contributed by atoms with Gasteiger partial charge < -0.3 is 25.3 Å². The van der Waals surface area contributed by atoms with Crippen molar-refractivity contribution < 1.29 is 19.1 Å². The molecule has 1 aromatic carbocycles. The number of rotatable bonds is 6. The molecule has 6 heteroatoms. The Kier molecular flexibility index (Phi) is 4.27. The Labute approximate surface area is 116 Å². The molecule has 1 aromatic heterocycles. The third kappa shape index (κ3) is 3.10. The summed E-state index contributed by atoms with van der Waals surface area (Å²) in [5.74, 6) is 1.26. The number of ether oxygens (including phenoxy) is 1. The smallest absolute Gasteiger partial charge is 0.248 e. The topological polar surface area (TPSA) is 97.7 Å². The first kappa shape index (κ1) is 14.0. The largest absolute Gasteiger partial charge is 0.495 e. The predicted octanol–water partition coefficient (Wildman–Crippen LogP) is 1.49. The standard InChI is InChI=1S/C14H16N2O4/c1-19-13-5-2-9(14(15)18)6-12(13)16-7-10-3-4-11(8-17)20-10/h2-6,16-17H,7-8H2,1H3,(H2,15,18). The number of furan rings is 1. The van der Waals surface area contributed by atoms with Crippen LogP contribution in [0.1, 0.15) is 21.9 Å². The van der Waals surface area contributed by atoms with Crippen molar-refractivity contribution in [3.8, 4) is 5.75 Å². The van der Waals surface area contributed by atoms with E-state index in [4.69, 9.17) is 20.0 Å². The maximum atomic E-state index is 11.2. The average Bonchev–Trinajstić information content (AvgIpc) is 2.92. The van der Waals surface area contributed by atoms with Crippen molar-refractivity contribution >= 4 is 11.6 Å². The van der Waals surface area contributed by atoms with Crippen molar-refractivity contribution in [1.82, 2.24) is 0 Å². The van der Waals surface area contributed by atoms with Gasteiger partial charge in [-0.3, -0.25) is 4.79 Å². The SMILES string of the molecule is COc1ccc(C(N)=O)cc1NCc1ccc(CO)o1. The number of primary amides is 1. The second kappa shape index (κ2) is 6.12. The lowest BCUT2D eigenvalue weighted by atomic mass is 10.1. The number of carbonyl (C=O) groups is 1. The van der Waals surface area contributed by atoms with Crippen molar-refractivity contribution in [2.75, 3.05) is 12.4 Å². The second-order valence-corrected chi connectivity index (χ2v) is 4.16. The zero-order valence-electron chi connectivity index (χ0n) is 11.1. The fourth-order valence-electron chi connectivity index (χ4n) is 1.78. The van der Waals surface area contributed by atoms with Crippen molar-refractivity contribution in [2.45, 2.75) is 13.2 Å². The van der Waals surface area contributed by atoms with Crippen molar-refractivity contribution in [3.63, 3.8) is 0 Å². The number of nitrogens with one attached hydrogen (secondary N) is 1. The highest BCUT2D eigenvalue weighted by Gasteiger charge is 2.08. The lowest BCUT2D eigenvalue weighted by Gasteiger charge is -2.11. The highest BCUT2D eigenvalue weighted by molar-refractivity contribution is 5.94. The van der Waals surface area contributed by atoms with E-state index < -0.39 is 5.91 Å². The molecule has 20 heavy (non-hydrogen) atoms. The quantitative estimate of drug-likeness (QED) is 0.742. The van der Waals surface area contributed by atoms with Crippen LogP contribution >= 0.6 is 0 Å². The van der Waals surface area contributed by atoms with Crippen LogP contribution in [-0.4, -0.2) is 18.1 Å². The molecule has 0 saturated heterocycles. The Morgan fingerprint density at radius 1 is 1.35 bits per heavy atom. The first-order chi connectivity index (χ1) is 9.63. The number of benzene rings is 1. The summed E-state index contributed by atoms with van der Waals surface area (Å²) in [6.45, 7) is 0.263. The van der Waals surface area contributed by atoms with Gasteiger partial charge in [-0.05, 0) is 30.3 Å². The van der Waals surface area contributed by atoms with Gasteiger partial charge in [-0.1, -0.05) is 0 Å². The summed E-state index contributed by atoms with van der Waals surface area (Å²) < 4.78 is 10.6. The molecule has 106 valence electrons. The van der Waals surface area contributed by atoms with E-state index in [0.717, 1.165) is 0 Å². The Hall–Kier alpha value is -2.47. The molecule has 0 unspecified atom stereocenters. The molecule has 0 fully saturated rings. The van der Waals surface area contributed by atoms with E-state index in [1.54, 1.807) is 37.4 Å². The fraction of sp³-hybridized carbons (Fsp3) is 0.214. The number of carbonyl (C=O) groups excluding carboxylic acids is 1. The summed E-state index contributed by atoms with van der Waals surface area (Å²) in [5.41, 5.74) is 6.29. The van der Waals surface area contributed by atoms with Gasteiger partial charge in [-0.2, -0.15) is 0 Å². The number of hydrogen-bond donors (Lipinski definition) is 3. The van der Waals surface area contributed by atoms with Crippen LogP contribution in [0.2, 0.25) is 0 Å². The van der Waals surface area contributed by atoms with E-state index in [0.29, 0.717) is 35.1 Å². The fourth-order valence-corrected chi connectivity index (χ4v) is 1.78. The number of methoxy groups -OCH3 is 1. The molecular weight excluding hydrogens is 260 g/mol. The van der Waals surface area contributed by atoms with Crippen LogP contribution in [0.3, 0.4) is 0 Å². The van der Waals surface area contributed by atoms with Crippen LogP contribution in [-0.2, 0) is 13.2 Å². The Morgan fingerprint density at radius 2 is 2.10 bits per heavy atom. The highest BCUT2D eigenvalue weighted by Crippen LogP contribution is 2.26. The minimum atomic E-state index is -0.503. The van der Waals surface area contributed by atoms with Gasteiger partial charge in [0.15, 0.2) is 0 Å². The van der Waals surface area contributed by atoms with Crippen LogP contribution in [0.4, 0.5) is 5.69 Å². The summed E-state index contributed by atoms with van der Waals surface area (Å²) in [5, 5.41) is 12.0. The van der Waals surface area contributed by atoms with Crippen LogP contribution < -0.4 is 15.8 Å². The van der Waals surface area contributed by atoms with E-state index >= 15 is 0 Å². The molecule has 0 aliphatic heterocycles. The van der Waals surface area contributed by atoms with E-state index in [2.05, 4.69) is 5.32 Å². The number of aliphatic hydroxyl groups excluding tert-OH is 1. The molecule has 0 aliphatic carbocycles. The van der Waals surface area contributed by atoms with Gasteiger partial charge >= 0.3 is 0 Å². The van der Waals surface area contributed by atoms with Crippen molar-refractivity contribution in [2.24, 2.45) is 5.73 Å². The molecule has 6 nitrogen and oxygen atoms in total. The number of nitrogens with two attached hydrogens (primary N) is 1. The first-order valence-electron chi connectivity index (χ1n) is 6.04. The van der Waals surface area contributed by atoms with Gasteiger partial charge in [0.05, 0.1) is 19.3 Å². The number of hydrogen-bond acceptors (Lipinski definition) is 5. The first-order valence-corrected chi connectivity index (χ1v) is 6.04. The van der Waals surface area contributed by atoms with Gasteiger partial charge in [-0.15, -0.1) is 0 Å². The zero-order valence-corrected chi connectivity index (χ0v) is 11.1. The summed E-state index contributed by atoms with van der Waals surface area (Å²) in [6.07, 6.45) is 0. The number of aliphatic hydroxyl groups is 1. The van der Waals surface area contributed by atoms with Crippen LogP contribution in [0.5, 0.6) is 5.75 Å². The molecule has 0 saturated carbocycles. The Morgan fingerprint density at radius 3 is 2.70 bits per heavy atom. The zero-order chi connectivity index (χ0) is 14.5. The molecule has 0 bridgehead atoms. The molecule has 2 aromatic rings. The highest BCUT2D eigenvalue weighted by atomic mass is 16.5. The molecule has 1 amide bonds. The third-order valence-electron chi connectivity index (χ3n) is 2.81. The van der Waals surface area contributed by atoms with Gasteiger partial charge in [0.1, 0.15) is 23.9 Å². The summed E-state index contributed by atoms with van der Waals surface area (Å²) in [6, 6.07) is 8.36. The lowest BCUT2D eigenvalue weighted by Crippen LogP contribution is -2.11. The van der Waals surface area contributed by atoms with Gasteiger partial charge in [0, 0.05) is 5.56 Å². The minimum absolute atomic E-state index is 0.138. The van der Waals surface area contributed by atoms with E-state index in [1.165, 1.54) is 0 Å². The van der Waals surface area contributed by atoms with Crippen LogP contribution in [0.25, 0.3) is 0 Å². The normalized spacial score (nSPS) is 10.3. The average molecular weight is 276 g/mol. The van der Waals surface area contributed by atoms with E-state index in [1.807, 2.05) is 0 Å². The molecule has 0 aliphatic rings. The maximum Gasteiger partial charge on any atom is 0.248 e. The van der Waals surface area contributed by atoms with Crippen molar-refractivity contribution in [3.05, 3.63) is 47.4 Å². The Balaban J connectivity index is 2.14. The number of amides is 1. The molecular formula is C14H16N2O4. The van der Waals surface area contributed by atoms with Crippen molar-refractivity contribution in [1.29, 1.82) is 0 Å². The van der Waals surface area contributed by atoms with E-state index in [-0.39, 0.29) is 6.61 Å². The molecule has 1 heterocycles. The van der Waals surface area contributed by atoms with Gasteiger partial charge in [-0.25, -0.2) is 0 Å². The lowest BCUT2D eigenvalue weighted by molar-refractivity contribution is 0.100. The second-order valence-electron chi connectivity index (χ2n) is 4.16. The van der Waals surface area contributed by atoms with Gasteiger partial charge in [0.25, 0.3) is 0 Å². The van der Waals surface area contributed by atoms with Crippen LogP contribution in [0.15, 0.2) is 34.7 Å². The molecule has 4 N–H and O–H groups in total.